The number of benzene rings is 2. The summed E-state index contributed by atoms with van der Waals surface area (Å²) in [6.45, 7) is 3.21. The van der Waals surface area contributed by atoms with Gasteiger partial charge in [0, 0.05) is 13.0 Å². The normalized spacial score (nSPS) is 24.2. The van der Waals surface area contributed by atoms with Gasteiger partial charge >= 0.3 is 5.97 Å². The fraction of sp³-hybridized carbons (Fsp3) is 0.409. The molecule has 3 aliphatic heterocycles. The van der Waals surface area contributed by atoms with Crippen molar-refractivity contribution in [3.63, 3.8) is 0 Å². The second-order valence-corrected chi connectivity index (χ2v) is 7.58. The van der Waals surface area contributed by atoms with E-state index in [1.807, 2.05) is 0 Å². The van der Waals surface area contributed by atoms with Gasteiger partial charge in [0.1, 0.15) is 11.6 Å². The highest BCUT2D eigenvalue weighted by atomic mass is 19.1. The van der Waals surface area contributed by atoms with E-state index in [2.05, 4.69) is 4.90 Å². The van der Waals surface area contributed by atoms with Crippen LogP contribution in [0.1, 0.15) is 36.5 Å². The summed E-state index contributed by atoms with van der Waals surface area (Å²) in [5.74, 6) is -0.0300. The number of piperidine rings is 3. The fourth-order valence-corrected chi connectivity index (χ4v) is 4.32. The van der Waals surface area contributed by atoms with Gasteiger partial charge < -0.3 is 9.64 Å². The molecule has 2 aromatic rings. The lowest BCUT2D eigenvalue weighted by molar-refractivity contribution is -0.150. The van der Waals surface area contributed by atoms with Crippen molar-refractivity contribution in [2.45, 2.75) is 25.4 Å². The molecule has 0 saturated carbocycles. The zero-order valence-corrected chi connectivity index (χ0v) is 15.1. The Balaban J connectivity index is 1.51. The third-order valence-electron chi connectivity index (χ3n) is 5.82. The number of ether oxygens (including phenoxy) is 1. The van der Waals surface area contributed by atoms with Crippen LogP contribution >= 0.6 is 0 Å². The van der Waals surface area contributed by atoms with Crippen molar-refractivity contribution in [1.82, 2.24) is 4.90 Å². The number of rotatable bonds is 5. The van der Waals surface area contributed by atoms with Gasteiger partial charge in [-0.05, 0) is 73.2 Å². The third kappa shape index (κ3) is 4.19. The minimum absolute atomic E-state index is 0.257. The van der Waals surface area contributed by atoms with Crippen LogP contribution in [0.25, 0.3) is 0 Å². The maximum atomic E-state index is 13.3. The van der Waals surface area contributed by atoms with E-state index in [-0.39, 0.29) is 17.6 Å². The lowest BCUT2D eigenvalue weighted by Gasteiger charge is -2.44. The van der Waals surface area contributed by atoms with Crippen molar-refractivity contribution in [2.75, 3.05) is 19.6 Å². The van der Waals surface area contributed by atoms with E-state index in [1.54, 1.807) is 24.3 Å². The molecule has 27 heavy (non-hydrogen) atoms. The first-order valence-corrected chi connectivity index (χ1v) is 9.51. The highest BCUT2D eigenvalue weighted by Gasteiger charge is 2.36. The van der Waals surface area contributed by atoms with Crippen LogP contribution in [0.4, 0.5) is 8.78 Å². The van der Waals surface area contributed by atoms with E-state index < -0.39 is 6.10 Å². The number of fused-ring (bicyclic) bond motifs is 3. The quantitative estimate of drug-likeness (QED) is 0.733. The van der Waals surface area contributed by atoms with Crippen molar-refractivity contribution >= 4 is 5.97 Å². The summed E-state index contributed by atoms with van der Waals surface area (Å²) in [4.78, 5) is 15.1. The lowest BCUT2D eigenvalue weighted by Crippen LogP contribution is -2.48. The smallest absolute Gasteiger partial charge is 0.307 e. The van der Waals surface area contributed by atoms with E-state index in [0.717, 1.165) is 32.5 Å². The Kier molecular flexibility index (Phi) is 5.21. The Labute approximate surface area is 157 Å². The highest BCUT2D eigenvalue weighted by Crippen LogP contribution is 2.35. The topological polar surface area (TPSA) is 29.5 Å². The van der Waals surface area contributed by atoms with Gasteiger partial charge in [0.15, 0.2) is 6.10 Å². The zero-order valence-electron chi connectivity index (χ0n) is 15.1. The van der Waals surface area contributed by atoms with Crippen molar-refractivity contribution in [3.8, 4) is 0 Å². The molecule has 3 aliphatic rings. The average Bonchev–Trinajstić information content (AvgIpc) is 2.69. The Morgan fingerprint density at radius 2 is 1.48 bits per heavy atom. The Morgan fingerprint density at radius 1 is 0.963 bits per heavy atom. The molecule has 3 fully saturated rings. The summed E-state index contributed by atoms with van der Waals surface area (Å²) in [7, 11) is 0. The summed E-state index contributed by atoms with van der Waals surface area (Å²) in [6.07, 6.45) is 2.02. The van der Waals surface area contributed by atoms with Gasteiger partial charge in [0.25, 0.3) is 0 Å². The summed E-state index contributed by atoms with van der Waals surface area (Å²) in [5, 5.41) is 0. The predicted molar refractivity (Wildman–Crippen MR) is 98.0 cm³/mol. The third-order valence-corrected chi connectivity index (χ3v) is 5.82. The van der Waals surface area contributed by atoms with Crippen LogP contribution in [0, 0.1) is 23.5 Å². The van der Waals surface area contributed by atoms with Crippen LogP contribution in [-0.2, 0) is 9.53 Å². The second-order valence-electron chi connectivity index (χ2n) is 7.58. The number of carbonyl (C=O) groups excluding carboxylic acids is 1. The molecular weight excluding hydrogens is 348 g/mol. The van der Waals surface area contributed by atoms with Crippen molar-refractivity contribution in [3.05, 3.63) is 71.3 Å². The first-order valence-electron chi connectivity index (χ1n) is 9.51. The summed E-state index contributed by atoms with van der Waals surface area (Å²) in [5.41, 5.74) is 1.34. The minimum Gasteiger partial charge on any atom is -0.453 e. The molecule has 3 nitrogen and oxygen atoms in total. The maximum Gasteiger partial charge on any atom is 0.307 e. The molecule has 1 atom stereocenters. The van der Waals surface area contributed by atoms with Gasteiger partial charge in [-0.25, -0.2) is 8.78 Å². The largest absolute Gasteiger partial charge is 0.453 e. The molecule has 0 amide bonds. The van der Waals surface area contributed by atoms with Gasteiger partial charge in [-0.15, -0.1) is 0 Å². The highest BCUT2D eigenvalue weighted by molar-refractivity contribution is 5.70. The van der Waals surface area contributed by atoms with E-state index in [1.165, 1.54) is 24.3 Å². The molecule has 0 aliphatic carbocycles. The van der Waals surface area contributed by atoms with E-state index in [0.29, 0.717) is 29.4 Å². The van der Waals surface area contributed by atoms with Crippen molar-refractivity contribution in [2.24, 2.45) is 11.8 Å². The molecule has 5 heteroatoms. The molecule has 0 spiro atoms. The minimum atomic E-state index is -0.667. The standard InChI is InChI=1S/C22H23F2NO2/c23-19-5-1-16(2-6-19)22(17-3-7-20(24)8-4-17)27-21(26)13-18-14-25-11-9-15(18)10-12-25/h1-8,15,18,22H,9-14H2/t18-/m0/s1. The van der Waals surface area contributed by atoms with Gasteiger partial charge in [0.05, 0.1) is 0 Å². The molecule has 5 rings (SSSR count). The van der Waals surface area contributed by atoms with Crippen LogP contribution in [0.2, 0.25) is 0 Å². The number of hydrogen-bond acceptors (Lipinski definition) is 3. The van der Waals surface area contributed by atoms with Crippen LogP contribution in [-0.4, -0.2) is 30.5 Å². The zero-order chi connectivity index (χ0) is 18.8. The van der Waals surface area contributed by atoms with Gasteiger partial charge in [-0.3, -0.25) is 4.79 Å². The fourth-order valence-electron chi connectivity index (χ4n) is 4.32. The molecule has 0 N–H and O–H groups in total. The molecule has 0 radical (unpaired) electrons. The monoisotopic (exact) mass is 371 g/mol. The van der Waals surface area contributed by atoms with Crippen LogP contribution < -0.4 is 0 Å². The molecule has 0 unspecified atom stereocenters. The number of carbonyl (C=O) groups is 1. The Hall–Kier alpha value is -2.27. The van der Waals surface area contributed by atoms with E-state index in [4.69, 9.17) is 4.74 Å². The van der Waals surface area contributed by atoms with E-state index >= 15 is 0 Å². The predicted octanol–water partition coefficient (Wildman–Crippen LogP) is 4.33. The Morgan fingerprint density at radius 3 is 1.93 bits per heavy atom. The SMILES string of the molecule is O=C(C[C@H]1CN2CCC1CC2)OC(c1ccc(F)cc1)c1ccc(F)cc1. The molecule has 2 bridgehead atoms. The number of nitrogens with zero attached hydrogens (tertiary/aromatic N) is 1. The Bertz CT molecular complexity index is 737. The summed E-state index contributed by atoms with van der Waals surface area (Å²) < 4.78 is 32.4. The summed E-state index contributed by atoms with van der Waals surface area (Å²) in [6, 6.07) is 11.8. The molecule has 0 aromatic heterocycles. The number of esters is 1. The van der Waals surface area contributed by atoms with Gasteiger partial charge in [-0.2, -0.15) is 0 Å². The van der Waals surface area contributed by atoms with Crippen LogP contribution in [0.3, 0.4) is 0 Å². The van der Waals surface area contributed by atoms with Crippen molar-refractivity contribution < 1.29 is 18.3 Å². The molecule has 3 saturated heterocycles. The van der Waals surface area contributed by atoms with Crippen LogP contribution in [0.15, 0.2) is 48.5 Å². The van der Waals surface area contributed by atoms with Gasteiger partial charge in [-0.1, -0.05) is 24.3 Å². The average molecular weight is 371 g/mol. The van der Waals surface area contributed by atoms with Gasteiger partial charge in [0.2, 0.25) is 0 Å². The lowest BCUT2D eigenvalue weighted by atomic mass is 9.77. The first kappa shape index (κ1) is 18.1. The van der Waals surface area contributed by atoms with Crippen molar-refractivity contribution in [1.29, 1.82) is 0 Å². The van der Waals surface area contributed by atoms with Crippen LogP contribution in [0.5, 0.6) is 0 Å². The molecular formula is C22H23F2NO2. The second kappa shape index (κ2) is 7.77. The summed E-state index contributed by atoms with van der Waals surface area (Å²) >= 11 is 0. The molecule has 3 heterocycles. The maximum absolute atomic E-state index is 13.3. The molecule has 142 valence electrons. The molecule has 2 aromatic carbocycles. The first-order chi connectivity index (χ1) is 13.1. The van der Waals surface area contributed by atoms with E-state index in [9.17, 15) is 13.6 Å². The number of halogens is 2. The number of hydrogen-bond donors (Lipinski definition) is 0.